The fraction of sp³-hybridized carbons (Fsp3) is 0.0244. The third-order valence-electron chi connectivity index (χ3n) is 8.49. The Balaban J connectivity index is 1.13. The molecule has 43 heavy (non-hydrogen) atoms. The number of nitrogens with zero attached hydrogens (tertiary/aromatic N) is 1. The van der Waals surface area contributed by atoms with Crippen molar-refractivity contribution < 1.29 is 0 Å². The third kappa shape index (κ3) is 4.54. The van der Waals surface area contributed by atoms with Crippen molar-refractivity contribution >= 4 is 44.0 Å². The van der Waals surface area contributed by atoms with E-state index in [0.717, 1.165) is 17.9 Å². The highest BCUT2D eigenvalue weighted by atomic mass is 15.0. The standard InChI is InChI=1S/C41H30N2/c1-2-12-29(13-3-1)34-19-10-15-31-16-11-20-35(41(31)34)30-24-26-33(27-25-30)42-38-21-7-4-14-32(38)28-43-39-22-8-5-17-36(39)37-18-6-9-23-40(37)43/h1-27,42H,28H2. The number of anilines is 2. The first-order valence-electron chi connectivity index (χ1n) is 14.8. The van der Waals surface area contributed by atoms with Gasteiger partial charge in [0.1, 0.15) is 0 Å². The molecule has 0 bridgehead atoms. The molecule has 1 aromatic heterocycles. The number of aromatic nitrogens is 1. The van der Waals surface area contributed by atoms with E-state index in [0.29, 0.717) is 0 Å². The largest absolute Gasteiger partial charge is 0.355 e. The number of hydrogen-bond donors (Lipinski definition) is 1. The molecule has 2 heteroatoms. The lowest BCUT2D eigenvalue weighted by Crippen LogP contribution is -2.03. The molecule has 8 aromatic rings. The highest BCUT2D eigenvalue weighted by Gasteiger charge is 2.13. The van der Waals surface area contributed by atoms with Crippen LogP contribution >= 0.6 is 0 Å². The van der Waals surface area contributed by atoms with Crippen LogP contribution in [0.5, 0.6) is 0 Å². The monoisotopic (exact) mass is 550 g/mol. The molecule has 0 saturated carbocycles. The van der Waals surface area contributed by atoms with E-state index in [1.54, 1.807) is 0 Å². The topological polar surface area (TPSA) is 17.0 Å². The Kier molecular flexibility index (Phi) is 6.23. The van der Waals surface area contributed by atoms with Crippen molar-refractivity contribution in [3.05, 3.63) is 169 Å². The molecule has 0 saturated heterocycles. The van der Waals surface area contributed by atoms with Crippen LogP contribution < -0.4 is 5.32 Å². The van der Waals surface area contributed by atoms with Gasteiger partial charge in [0.15, 0.2) is 0 Å². The van der Waals surface area contributed by atoms with Gasteiger partial charge in [0, 0.05) is 33.2 Å². The summed E-state index contributed by atoms with van der Waals surface area (Å²) in [4.78, 5) is 0. The lowest BCUT2D eigenvalue weighted by molar-refractivity contribution is 0.871. The van der Waals surface area contributed by atoms with Crippen molar-refractivity contribution in [2.45, 2.75) is 6.54 Å². The summed E-state index contributed by atoms with van der Waals surface area (Å²) in [5.74, 6) is 0. The van der Waals surface area contributed by atoms with Crippen molar-refractivity contribution in [3.63, 3.8) is 0 Å². The van der Waals surface area contributed by atoms with Crippen LogP contribution in [-0.4, -0.2) is 4.57 Å². The number of rotatable bonds is 6. The predicted molar refractivity (Wildman–Crippen MR) is 183 cm³/mol. The average Bonchev–Trinajstić information content (AvgIpc) is 3.39. The van der Waals surface area contributed by atoms with Gasteiger partial charge in [0.25, 0.3) is 0 Å². The zero-order chi connectivity index (χ0) is 28.6. The highest BCUT2D eigenvalue weighted by molar-refractivity contribution is 6.08. The normalized spacial score (nSPS) is 11.3. The van der Waals surface area contributed by atoms with Gasteiger partial charge in [-0.2, -0.15) is 0 Å². The molecule has 0 amide bonds. The second kappa shape index (κ2) is 10.7. The van der Waals surface area contributed by atoms with Crippen LogP contribution in [-0.2, 0) is 6.54 Å². The smallest absolute Gasteiger partial charge is 0.0502 e. The summed E-state index contributed by atoms with van der Waals surface area (Å²) in [6.45, 7) is 0.785. The minimum Gasteiger partial charge on any atom is -0.355 e. The van der Waals surface area contributed by atoms with E-state index in [4.69, 9.17) is 0 Å². The molecule has 0 aliphatic heterocycles. The summed E-state index contributed by atoms with van der Waals surface area (Å²) in [5, 5.41) is 8.85. The van der Waals surface area contributed by atoms with Crippen molar-refractivity contribution in [1.29, 1.82) is 0 Å². The molecule has 1 N–H and O–H groups in total. The zero-order valence-corrected chi connectivity index (χ0v) is 23.7. The Labute approximate surface area is 251 Å². The lowest BCUT2D eigenvalue weighted by atomic mass is 9.91. The maximum absolute atomic E-state index is 3.72. The molecule has 2 nitrogen and oxygen atoms in total. The van der Waals surface area contributed by atoms with Crippen LogP contribution in [0.4, 0.5) is 11.4 Å². The number of benzene rings is 7. The molecule has 1 heterocycles. The van der Waals surface area contributed by atoms with E-state index in [1.807, 2.05) is 0 Å². The molecule has 204 valence electrons. The van der Waals surface area contributed by atoms with Gasteiger partial charge in [-0.15, -0.1) is 0 Å². The minimum absolute atomic E-state index is 0.785. The molecule has 7 aromatic carbocycles. The van der Waals surface area contributed by atoms with Crippen LogP contribution in [0.1, 0.15) is 5.56 Å². The molecule has 8 rings (SSSR count). The summed E-state index contributed by atoms with van der Waals surface area (Å²) >= 11 is 0. The molecule has 0 spiro atoms. The maximum atomic E-state index is 3.72. The first-order chi connectivity index (χ1) is 21.3. The first kappa shape index (κ1) is 25.1. The molecular formula is C41H30N2. The Bertz CT molecular complexity index is 2170. The minimum atomic E-state index is 0.785. The molecule has 0 aliphatic rings. The molecule has 0 aliphatic carbocycles. The number of para-hydroxylation sites is 3. The predicted octanol–water partition coefficient (Wildman–Crippen LogP) is 11.1. The zero-order valence-electron chi connectivity index (χ0n) is 23.7. The van der Waals surface area contributed by atoms with Gasteiger partial charge in [-0.3, -0.25) is 0 Å². The van der Waals surface area contributed by atoms with Crippen LogP contribution in [0.2, 0.25) is 0 Å². The van der Waals surface area contributed by atoms with Gasteiger partial charge in [-0.25, -0.2) is 0 Å². The Hall–Kier alpha value is -5.60. The van der Waals surface area contributed by atoms with Crippen molar-refractivity contribution in [2.75, 3.05) is 5.32 Å². The summed E-state index contributed by atoms with van der Waals surface area (Å²) in [5.41, 5.74) is 10.9. The van der Waals surface area contributed by atoms with E-state index in [-0.39, 0.29) is 0 Å². The molecule has 0 fully saturated rings. The van der Waals surface area contributed by atoms with Crippen LogP contribution in [0.15, 0.2) is 164 Å². The number of nitrogens with one attached hydrogen (secondary N) is 1. The average molecular weight is 551 g/mol. The number of fused-ring (bicyclic) bond motifs is 4. The lowest BCUT2D eigenvalue weighted by Gasteiger charge is -2.16. The van der Waals surface area contributed by atoms with Crippen molar-refractivity contribution in [2.24, 2.45) is 0 Å². The van der Waals surface area contributed by atoms with Gasteiger partial charge in [0.05, 0.1) is 6.54 Å². The Morgan fingerprint density at radius 1 is 0.442 bits per heavy atom. The maximum Gasteiger partial charge on any atom is 0.0502 e. The van der Waals surface area contributed by atoms with Gasteiger partial charge >= 0.3 is 0 Å². The van der Waals surface area contributed by atoms with Crippen LogP contribution in [0.25, 0.3) is 54.8 Å². The number of hydrogen-bond acceptors (Lipinski definition) is 1. The molecule has 0 unspecified atom stereocenters. The van der Waals surface area contributed by atoms with E-state index < -0.39 is 0 Å². The molecular weight excluding hydrogens is 520 g/mol. The second-order valence-electron chi connectivity index (χ2n) is 11.1. The van der Waals surface area contributed by atoms with E-state index in [9.17, 15) is 0 Å². The van der Waals surface area contributed by atoms with Gasteiger partial charge in [-0.05, 0) is 68.9 Å². The van der Waals surface area contributed by atoms with Crippen molar-refractivity contribution in [3.8, 4) is 22.3 Å². The fourth-order valence-corrected chi connectivity index (χ4v) is 6.45. The van der Waals surface area contributed by atoms with E-state index in [1.165, 1.54) is 60.4 Å². The van der Waals surface area contributed by atoms with Crippen molar-refractivity contribution in [1.82, 2.24) is 4.57 Å². The van der Waals surface area contributed by atoms with Crippen LogP contribution in [0, 0.1) is 0 Å². The third-order valence-corrected chi connectivity index (χ3v) is 8.49. The van der Waals surface area contributed by atoms with Crippen LogP contribution in [0.3, 0.4) is 0 Å². The Morgan fingerprint density at radius 3 is 1.67 bits per heavy atom. The summed E-state index contributed by atoms with van der Waals surface area (Å²) in [7, 11) is 0. The Morgan fingerprint density at radius 2 is 1.00 bits per heavy atom. The quantitative estimate of drug-likeness (QED) is 0.218. The summed E-state index contributed by atoms with van der Waals surface area (Å²) in [6, 6.07) is 58.7. The summed E-state index contributed by atoms with van der Waals surface area (Å²) < 4.78 is 2.43. The fourth-order valence-electron chi connectivity index (χ4n) is 6.45. The molecule has 0 radical (unpaired) electrons. The second-order valence-corrected chi connectivity index (χ2v) is 11.1. The highest BCUT2D eigenvalue weighted by Crippen LogP contribution is 2.37. The van der Waals surface area contributed by atoms with Gasteiger partial charge < -0.3 is 9.88 Å². The van der Waals surface area contributed by atoms with E-state index >= 15 is 0 Å². The van der Waals surface area contributed by atoms with E-state index in [2.05, 4.69) is 174 Å². The van der Waals surface area contributed by atoms with Gasteiger partial charge in [-0.1, -0.05) is 133 Å². The van der Waals surface area contributed by atoms with Gasteiger partial charge in [0.2, 0.25) is 0 Å². The molecule has 0 atom stereocenters. The summed E-state index contributed by atoms with van der Waals surface area (Å²) in [6.07, 6.45) is 0. The first-order valence-corrected chi connectivity index (χ1v) is 14.8. The SMILES string of the molecule is c1ccc(-c2cccc3cccc(-c4ccc(Nc5ccccc5Cn5c6ccccc6c6ccccc65)cc4)c23)cc1.